The van der Waals surface area contributed by atoms with Crippen LogP contribution < -0.4 is 9.46 Å². The summed E-state index contributed by atoms with van der Waals surface area (Å²) in [4.78, 5) is 14.8. The van der Waals surface area contributed by atoms with E-state index in [4.69, 9.17) is 37.4 Å². The zero-order chi connectivity index (χ0) is 26.0. The summed E-state index contributed by atoms with van der Waals surface area (Å²) in [6, 6.07) is 3.08. The molecule has 3 atom stereocenters. The number of hydrogen-bond acceptors (Lipinski definition) is 6. The summed E-state index contributed by atoms with van der Waals surface area (Å²) in [6.07, 6.45) is 2.43. The van der Waals surface area contributed by atoms with Crippen LogP contribution in [0.25, 0.3) is 0 Å². The van der Waals surface area contributed by atoms with E-state index in [0.717, 1.165) is 0 Å². The molecule has 2 aliphatic rings. The zero-order valence-corrected chi connectivity index (χ0v) is 23.4. The quantitative estimate of drug-likeness (QED) is 0.363. The van der Waals surface area contributed by atoms with Gasteiger partial charge in [0, 0.05) is 30.0 Å². The first kappa shape index (κ1) is 28.6. The van der Waals surface area contributed by atoms with E-state index in [2.05, 4.69) is 11.3 Å². The van der Waals surface area contributed by atoms with Gasteiger partial charge in [-0.1, -0.05) is 35.9 Å². The molecule has 2 aliphatic heterocycles. The second-order valence-electron chi connectivity index (χ2n) is 10.3. The summed E-state index contributed by atoms with van der Waals surface area (Å²) in [5.41, 5.74) is 0.678. The van der Waals surface area contributed by atoms with Gasteiger partial charge >= 0.3 is 0 Å². The minimum atomic E-state index is -1.37. The first-order chi connectivity index (χ1) is 16.3. The second-order valence-corrected chi connectivity index (χ2v) is 13.1. The van der Waals surface area contributed by atoms with Crippen LogP contribution in [0.2, 0.25) is 10.0 Å². The maximum atomic E-state index is 13.2. The lowest BCUT2D eigenvalue weighted by Gasteiger charge is -2.39. The van der Waals surface area contributed by atoms with Crippen molar-refractivity contribution in [3.8, 4) is 5.75 Å². The van der Waals surface area contributed by atoms with Gasteiger partial charge in [-0.3, -0.25) is 4.79 Å². The number of carbonyl (C=O) groups excluding carboxylic acids is 1. The predicted octanol–water partition coefficient (Wildman–Crippen LogP) is 5.04. The summed E-state index contributed by atoms with van der Waals surface area (Å²) >= 11 is 11.7. The van der Waals surface area contributed by atoms with Crippen LogP contribution in [0.5, 0.6) is 5.75 Å². The average Bonchev–Trinajstić information content (AvgIpc) is 3.17. The number of piperidine rings is 1. The largest absolute Gasteiger partial charge is 0.598 e. The van der Waals surface area contributed by atoms with Gasteiger partial charge in [0.25, 0.3) is 5.91 Å². The fraction of sp³-hybridized carbons (Fsp3) is 0.640. The van der Waals surface area contributed by atoms with Gasteiger partial charge in [0.1, 0.15) is 17.1 Å². The lowest BCUT2D eigenvalue weighted by atomic mass is 9.85. The monoisotopic (exact) mass is 546 g/mol. The van der Waals surface area contributed by atoms with Crippen LogP contribution in [0, 0.1) is 5.92 Å². The normalized spacial score (nSPS) is 22.6. The van der Waals surface area contributed by atoms with Crippen LogP contribution in [0.4, 0.5) is 0 Å². The maximum Gasteiger partial charge on any atom is 0.254 e. The number of carbonyl (C=O) groups is 1. The van der Waals surface area contributed by atoms with Crippen molar-refractivity contribution < 1.29 is 23.6 Å². The van der Waals surface area contributed by atoms with Crippen LogP contribution >= 0.6 is 23.2 Å². The lowest BCUT2D eigenvalue weighted by molar-refractivity contribution is -0.161. The fourth-order valence-corrected chi connectivity index (χ4v) is 5.59. The molecular weight excluding hydrogens is 511 g/mol. The fourth-order valence-electron chi connectivity index (χ4n) is 4.26. The summed E-state index contributed by atoms with van der Waals surface area (Å²) in [7, 11) is 0. The van der Waals surface area contributed by atoms with Gasteiger partial charge in [-0.15, -0.1) is 4.72 Å². The Morgan fingerprint density at radius 3 is 2.57 bits per heavy atom. The van der Waals surface area contributed by atoms with Crippen LogP contribution in [-0.4, -0.2) is 58.3 Å². The molecule has 196 valence electrons. The van der Waals surface area contributed by atoms with Crippen molar-refractivity contribution in [2.24, 2.45) is 5.92 Å². The molecule has 0 aliphatic carbocycles. The van der Waals surface area contributed by atoms with Crippen molar-refractivity contribution >= 4 is 40.5 Å². The molecule has 0 bridgehead atoms. The topological polar surface area (TPSA) is 83.1 Å². The lowest BCUT2D eigenvalue weighted by Crippen LogP contribution is -2.48. The van der Waals surface area contributed by atoms with E-state index in [-0.39, 0.29) is 24.5 Å². The Morgan fingerprint density at radius 2 is 2.03 bits per heavy atom. The third-order valence-electron chi connectivity index (χ3n) is 6.16. The zero-order valence-electron chi connectivity index (χ0n) is 21.1. The van der Waals surface area contributed by atoms with Gasteiger partial charge in [-0.2, -0.15) is 0 Å². The van der Waals surface area contributed by atoms with Gasteiger partial charge in [-0.05, 0) is 65.5 Å². The molecule has 2 saturated heterocycles. The van der Waals surface area contributed by atoms with Gasteiger partial charge in [0.05, 0.1) is 22.7 Å². The molecule has 0 aromatic heterocycles. The number of amides is 1. The molecule has 2 heterocycles. The Labute approximate surface area is 221 Å². The van der Waals surface area contributed by atoms with E-state index in [9.17, 15) is 9.35 Å². The predicted molar refractivity (Wildman–Crippen MR) is 140 cm³/mol. The van der Waals surface area contributed by atoms with Crippen molar-refractivity contribution in [1.29, 1.82) is 0 Å². The number of ether oxygens (including phenoxy) is 3. The summed E-state index contributed by atoms with van der Waals surface area (Å²) in [6.45, 7) is 14.7. The maximum absolute atomic E-state index is 13.2. The molecule has 1 amide bonds. The molecule has 35 heavy (non-hydrogen) atoms. The number of halogens is 2. The smallest absolute Gasteiger partial charge is 0.254 e. The molecule has 1 aromatic rings. The number of likely N-dealkylation sites (tertiary alicyclic amines) is 1. The number of nitrogens with zero attached hydrogens (tertiary/aromatic N) is 1. The van der Waals surface area contributed by atoms with E-state index < -0.39 is 28.0 Å². The molecule has 0 saturated carbocycles. The molecule has 2 fully saturated rings. The Morgan fingerprint density at radius 1 is 1.37 bits per heavy atom. The van der Waals surface area contributed by atoms with Gasteiger partial charge < -0.3 is 23.7 Å². The third-order valence-corrected chi connectivity index (χ3v) is 8.56. The third kappa shape index (κ3) is 7.06. The highest BCUT2D eigenvalue weighted by atomic mass is 35.5. The van der Waals surface area contributed by atoms with Crippen molar-refractivity contribution in [3.05, 3.63) is 40.4 Å². The van der Waals surface area contributed by atoms with E-state index in [1.807, 2.05) is 25.7 Å². The van der Waals surface area contributed by atoms with Crippen molar-refractivity contribution in [1.82, 2.24) is 9.62 Å². The summed E-state index contributed by atoms with van der Waals surface area (Å²) in [5, 5.41) is 0.767. The standard InChI is InChI=1S/C25H36Cl2N2O5S/c1-7-14-32-18-9-8-17(26)21(27)20(18)22(28-35(31)24(2,3)4)16-10-12-29(13-11-16)23(30)19-15-33-25(5,6)34-19/h7-9,16,19,22,28H,1,10-15H2,2-6H3/t19-,22?,35+/m1/s1. The highest BCUT2D eigenvalue weighted by Crippen LogP contribution is 2.43. The number of nitrogens with one attached hydrogen (secondary N) is 1. The SMILES string of the molecule is C=CCOc1ccc(Cl)c(Cl)c1C(N[S@@+]([O-])C(C)(C)C)C1CCN(C(=O)[C@H]2COC(C)(C)O2)CC1. The van der Waals surface area contributed by atoms with E-state index in [1.54, 1.807) is 32.1 Å². The molecule has 1 unspecified atom stereocenters. The van der Waals surface area contributed by atoms with Crippen LogP contribution in [0.3, 0.4) is 0 Å². The minimum absolute atomic E-state index is 0.0459. The number of hydrogen-bond donors (Lipinski definition) is 1. The number of rotatable bonds is 8. The van der Waals surface area contributed by atoms with Crippen LogP contribution in [0.1, 0.15) is 59.1 Å². The van der Waals surface area contributed by atoms with E-state index in [0.29, 0.717) is 53.9 Å². The van der Waals surface area contributed by atoms with Crippen molar-refractivity contribution in [3.63, 3.8) is 0 Å². The highest BCUT2D eigenvalue weighted by molar-refractivity contribution is 7.90. The molecule has 10 heteroatoms. The highest BCUT2D eigenvalue weighted by Gasteiger charge is 2.42. The summed E-state index contributed by atoms with van der Waals surface area (Å²) < 4.78 is 33.2. The van der Waals surface area contributed by atoms with Crippen molar-refractivity contribution in [2.75, 3.05) is 26.3 Å². The molecule has 1 N–H and O–H groups in total. The Bertz CT molecular complexity index is 916. The minimum Gasteiger partial charge on any atom is -0.598 e. The van der Waals surface area contributed by atoms with E-state index in [1.165, 1.54) is 0 Å². The van der Waals surface area contributed by atoms with E-state index >= 15 is 0 Å². The first-order valence-electron chi connectivity index (χ1n) is 11.8. The average molecular weight is 548 g/mol. The molecular formula is C25H36Cl2N2O5S. The Hall–Kier alpha value is -1.00. The van der Waals surface area contributed by atoms with Gasteiger partial charge in [-0.25, -0.2) is 0 Å². The molecule has 0 spiro atoms. The summed E-state index contributed by atoms with van der Waals surface area (Å²) in [5.74, 6) is -0.201. The molecule has 7 nitrogen and oxygen atoms in total. The van der Waals surface area contributed by atoms with Crippen LogP contribution in [0.15, 0.2) is 24.8 Å². The Balaban J connectivity index is 1.84. The van der Waals surface area contributed by atoms with Crippen LogP contribution in [-0.2, 0) is 25.6 Å². The van der Waals surface area contributed by atoms with Crippen molar-refractivity contribution in [2.45, 2.75) is 70.1 Å². The van der Waals surface area contributed by atoms with Gasteiger partial charge in [0.15, 0.2) is 11.9 Å². The van der Waals surface area contributed by atoms with Gasteiger partial charge in [0.2, 0.25) is 0 Å². The molecule has 3 rings (SSSR count). The molecule has 1 aromatic carbocycles. The first-order valence-corrected chi connectivity index (χ1v) is 13.7. The molecule has 0 radical (unpaired) electrons. The Kier molecular flexibility index (Phi) is 9.46. The number of benzene rings is 1. The second kappa shape index (κ2) is 11.6.